The first-order valence-corrected chi connectivity index (χ1v) is 9.81. The number of rotatable bonds is 4. The zero-order valence-electron chi connectivity index (χ0n) is 14.9. The van der Waals surface area contributed by atoms with Crippen molar-refractivity contribution in [3.63, 3.8) is 0 Å². The van der Waals surface area contributed by atoms with Crippen LogP contribution in [0.25, 0.3) is 10.2 Å². The molecule has 3 heterocycles. The quantitative estimate of drug-likeness (QED) is 0.542. The Hall–Kier alpha value is -3.03. The zero-order valence-corrected chi connectivity index (χ0v) is 15.7. The Kier molecular flexibility index (Phi) is 4.18. The first-order chi connectivity index (χ1) is 13.7. The average molecular weight is 392 g/mol. The third-order valence-corrected chi connectivity index (χ3v) is 5.85. The Morgan fingerprint density at radius 1 is 1.18 bits per heavy atom. The third-order valence-electron chi connectivity index (χ3n) is 4.80. The minimum absolute atomic E-state index is 0.243. The van der Waals surface area contributed by atoms with Crippen LogP contribution < -0.4 is 15.4 Å². The van der Waals surface area contributed by atoms with E-state index in [4.69, 9.17) is 10.5 Å². The number of benzene rings is 2. The molecule has 0 bridgehead atoms. The van der Waals surface area contributed by atoms with Crippen LogP contribution in [0.2, 0.25) is 0 Å². The maximum absolute atomic E-state index is 13.5. The smallest absolute Gasteiger partial charge is 0.219 e. The number of thiazole rings is 1. The number of nitrogens with two attached hydrogens (primary N) is 1. The number of hydrogen-bond acceptors (Lipinski definition) is 6. The van der Waals surface area contributed by atoms with Crippen molar-refractivity contribution >= 4 is 32.4 Å². The minimum Gasteiger partial charge on any atom is -0.439 e. The molecule has 0 saturated heterocycles. The van der Waals surface area contributed by atoms with Crippen molar-refractivity contribution in [1.29, 1.82) is 0 Å². The lowest BCUT2D eigenvalue weighted by Gasteiger charge is -2.16. The van der Waals surface area contributed by atoms with Crippen LogP contribution in [-0.4, -0.2) is 16.5 Å². The van der Waals surface area contributed by atoms with Crippen LogP contribution in [0.4, 0.5) is 15.2 Å². The summed E-state index contributed by atoms with van der Waals surface area (Å²) >= 11 is 1.49. The Bertz CT molecular complexity index is 1180. The number of hydrogen-bond donors (Lipinski definition) is 1. The van der Waals surface area contributed by atoms with Gasteiger partial charge in [0.25, 0.3) is 0 Å². The van der Waals surface area contributed by atoms with E-state index >= 15 is 0 Å². The Morgan fingerprint density at radius 3 is 3.00 bits per heavy atom. The van der Waals surface area contributed by atoms with Gasteiger partial charge in [0.1, 0.15) is 11.6 Å². The molecule has 0 spiro atoms. The molecule has 0 unspecified atom stereocenters. The van der Waals surface area contributed by atoms with Gasteiger partial charge in [0.05, 0.1) is 15.9 Å². The number of fused-ring (bicyclic) bond motifs is 2. The summed E-state index contributed by atoms with van der Waals surface area (Å²) in [6.45, 7) is 1.24. The molecule has 7 heteroatoms. The van der Waals surface area contributed by atoms with Gasteiger partial charge in [-0.05, 0) is 48.4 Å². The van der Waals surface area contributed by atoms with Gasteiger partial charge in [-0.25, -0.2) is 14.4 Å². The van der Waals surface area contributed by atoms with Crippen LogP contribution in [0, 0.1) is 5.82 Å². The summed E-state index contributed by atoms with van der Waals surface area (Å²) < 4.78 is 20.4. The summed E-state index contributed by atoms with van der Waals surface area (Å²) in [5, 5.41) is 0.861. The highest BCUT2D eigenvalue weighted by Crippen LogP contribution is 2.42. The highest BCUT2D eigenvalue weighted by atomic mass is 32.1. The predicted molar refractivity (Wildman–Crippen MR) is 109 cm³/mol. The highest BCUT2D eigenvalue weighted by Gasteiger charge is 2.26. The van der Waals surface area contributed by atoms with Gasteiger partial charge in [0, 0.05) is 30.9 Å². The first-order valence-electron chi connectivity index (χ1n) is 8.99. The van der Waals surface area contributed by atoms with Crippen LogP contribution in [-0.2, 0) is 13.0 Å². The molecule has 4 aromatic rings. The molecule has 1 aliphatic rings. The SMILES string of the molecule is NCc1ccnc(Oc2cccc3c2CCN3c2nc3ccc(F)cc3s2)c1. The molecule has 0 aliphatic carbocycles. The minimum atomic E-state index is -0.243. The molecule has 2 aromatic heterocycles. The molecular weight excluding hydrogens is 375 g/mol. The summed E-state index contributed by atoms with van der Waals surface area (Å²) in [7, 11) is 0. The number of nitrogens with zero attached hydrogens (tertiary/aromatic N) is 3. The van der Waals surface area contributed by atoms with Crippen LogP contribution in [0.5, 0.6) is 11.6 Å². The zero-order chi connectivity index (χ0) is 19.1. The molecule has 0 atom stereocenters. The first kappa shape index (κ1) is 17.1. The Morgan fingerprint density at radius 2 is 2.11 bits per heavy atom. The number of ether oxygens (including phenoxy) is 1. The molecule has 0 amide bonds. The second-order valence-corrected chi connectivity index (χ2v) is 7.58. The van der Waals surface area contributed by atoms with Crippen molar-refractivity contribution in [1.82, 2.24) is 9.97 Å². The van der Waals surface area contributed by atoms with Crippen molar-refractivity contribution in [3.8, 4) is 11.6 Å². The second kappa shape index (κ2) is 6.85. The highest BCUT2D eigenvalue weighted by molar-refractivity contribution is 7.22. The summed E-state index contributed by atoms with van der Waals surface area (Å²) in [5.74, 6) is 1.08. The van der Waals surface area contributed by atoms with E-state index in [-0.39, 0.29) is 5.82 Å². The predicted octanol–water partition coefficient (Wildman–Crippen LogP) is 4.78. The van der Waals surface area contributed by atoms with Gasteiger partial charge in [0.15, 0.2) is 5.13 Å². The van der Waals surface area contributed by atoms with Crippen molar-refractivity contribution < 1.29 is 9.13 Å². The van der Waals surface area contributed by atoms with E-state index in [1.165, 1.54) is 23.5 Å². The molecule has 0 fully saturated rings. The third kappa shape index (κ3) is 2.98. The lowest BCUT2D eigenvalue weighted by atomic mass is 10.1. The molecule has 5 nitrogen and oxygen atoms in total. The molecule has 1 aliphatic heterocycles. The molecule has 28 heavy (non-hydrogen) atoms. The molecule has 0 radical (unpaired) electrons. The molecule has 0 saturated carbocycles. The molecule has 5 rings (SSSR count). The number of aromatic nitrogens is 2. The van der Waals surface area contributed by atoms with Crippen molar-refractivity contribution in [2.24, 2.45) is 5.73 Å². The van der Waals surface area contributed by atoms with E-state index in [2.05, 4.69) is 20.9 Å². The van der Waals surface area contributed by atoms with E-state index in [9.17, 15) is 4.39 Å². The molecular formula is C21H17FN4OS. The van der Waals surface area contributed by atoms with Gasteiger partial charge in [-0.15, -0.1) is 0 Å². The lowest BCUT2D eigenvalue weighted by molar-refractivity contribution is 0.458. The molecule has 140 valence electrons. The van der Waals surface area contributed by atoms with Crippen LogP contribution >= 0.6 is 11.3 Å². The topological polar surface area (TPSA) is 64.3 Å². The average Bonchev–Trinajstić information content (AvgIpc) is 3.32. The standard InChI is InChI=1S/C21H17FN4OS/c22-14-4-5-16-19(11-14)28-21(25-16)26-9-7-15-17(26)2-1-3-18(15)27-20-10-13(12-23)6-8-24-20/h1-6,8,10-11H,7,9,12,23H2. The monoisotopic (exact) mass is 392 g/mol. The van der Waals surface area contributed by atoms with Gasteiger partial charge in [0.2, 0.25) is 5.88 Å². The maximum atomic E-state index is 13.5. The van der Waals surface area contributed by atoms with Gasteiger partial charge < -0.3 is 15.4 Å². The Labute approximate surface area is 165 Å². The van der Waals surface area contributed by atoms with Crippen LogP contribution in [0.15, 0.2) is 54.7 Å². The fourth-order valence-electron chi connectivity index (χ4n) is 3.44. The largest absolute Gasteiger partial charge is 0.439 e. The van der Waals surface area contributed by atoms with E-state index in [1.807, 2.05) is 24.3 Å². The van der Waals surface area contributed by atoms with E-state index in [0.717, 1.165) is 50.9 Å². The Balaban J connectivity index is 1.49. The summed E-state index contributed by atoms with van der Waals surface area (Å²) in [5.41, 5.74) is 9.67. The van der Waals surface area contributed by atoms with E-state index in [0.29, 0.717) is 12.4 Å². The van der Waals surface area contributed by atoms with Crippen LogP contribution in [0.3, 0.4) is 0 Å². The van der Waals surface area contributed by atoms with E-state index in [1.54, 1.807) is 12.3 Å². The summed E-state index contributed by atoms with van der Waals surface area (Å²) in [6, 6.07) is 14.4. The van der Waals surface area contributed by atoms with Crippen molar-refractivity contribution in [2.45, 2.75) is 13.0 Å². The summed E-state index contributed by atoms with van der Waals surface area (Å²) in [4.78, 5) is 11.1. The fourth-order valence-corrected chi connectivity index (χ4v) is 4.47. The maximum Gasteiger partial charge on any atom is 0.219 e. The van der Waals surface area contributed by atoms with Gasteiger partial charge in [-0.1, -0.05) is 17.4 Å². The number of anilines is 2. The van der Waals surface area contributed by atoms with Crippen molar-refractivity contribution in [3.05, 3.63) is 71.7 Å². The van der Waals surface area contributed by atoms with Gasteiger partial charge >= 0.3 is 0 Å². The molecule has 2 N–H and O–H groups in total. The lowest BCUT2D eigenvalue weighted by Crippen LogP contribution is -2.12. The van der Waals surface area contributed by atoms with Gasteiger partial charge in [-0.3, -0.25) is 0 Å². The number of halogens is 1. The molecule has 2 aromatic carbocycles. The summed E-state index contributed by atoms with van der Waals surface area (Å²) in [6.07, 6.45) is 2.54. The van der Waals surface area contributed by atoms with Crippen LogP contribution in [0.1, 0.15) is 11.1 Å². The van der Waals surface area contributed by atoms with Gasteiger partial charge in [-0.2, -0.15) is 0 Å². The normalized spacial score (nSPS) is 13.1. The van der Waals surface area contributed by atoms with Crippen molar-refractivity contribution in [2.75, 3.05) is 11.4 Å². The second-order valence-electron chi connectivity index (χ2n) is 6.57. The van der Waals surface area contributed by atoms with E-state index < -0.39 is 0 Å². The number of pyridine rings is 1. The fraction of sp³-hybridized carbons (Fsp3) is 0.143.